The van der Waals surface area contributed by atoms with E-state index in [0.717, 1.165) is 29.7 Å². The largest absolute Gasteiger partial charge is 0.352 e. The van der Waals surface area contributed by atoms with E-state index >= 15 is 0 Å². The Bertz CT molecular complexity index is 1230. The number of carbonyl (C=O) groups is 3. The third kappa shape index (κ3) is 5.18. The summed E-state index contributed by atoms with van der Waals surface area (Å²) < 4.78 is 0. The van der Waals surface area contributed by atoms with E-state index in [1.165, 1.54) is 0 Å². The van der Waals surface area contributed by atoms with Crippen molar-refractivity contribution in [1.29, 1.82) is 0 Å². The quantitative estimate of drug-likeness (QED) is 0.586. The molecule has 0 spiro atoms. The molecule has 184 valence electrons. The van der Waals surface area contributed by atoms with E-state index < -0.39 is 0 Å². The fourth-order valence-corrected chi connectivity index (χ4v) is 5.13. The SMILES string of the molecule is O=C(NCc1ccccc1)C1CCN(C(=O)c2ccc3c(c2)CCCN3C(=O)c2ccccc2)CC1. The van der Waals surface area contributed by atoms with Crippen molar-refractivity contribution < 1.29 is 14.4 Å². The highest BCUT2D eigenvalue weighted by Crippen LogP contribution is 2.30. The maximum absolute atomic E-state index is 13.3. The van der Waals surface area contributed by atoms with Crippen LogP contribution in [0, 0.1) is 5.92 Å². The number of amides is 3. The van der Waals surface area contributed by atoms with Crippen molar-refractivity contribution in [1.82, 2.24) is 10.2 Å². The van der Waals surface area contributed by atoms with Crippen molar-refractivity contribution in [3.63, 3.8) is 0 Å². The molecule has 1 fully saturated rings. The van der Waals surface area contributed by atoms with Gasteiger partial charge in [0.25, 0.3) is 11.8 Å². The Balaban J connectivity index is 1.20. The summed E-state index contributed by atoms with van der Waals surface area (Å²) in [6.07, 6.45) is 3.04. The van der Waals surface area contributed by atoms with E-state index in [4.69, 9.17) is 0 Å². The van der Waals surface area contributed by atoms with Gasteiger partial charge in [-0.3, -0.25) is 14.4 Å². The highest BCUT2D eigenvalue weighted by Gasteiger charge is 2.29. The Kier molecular flexibility index (Phi) is 7.12. The number of anilines is 1. The first-order valence-corrected chi connectivity index (χ1v) is 12.7. The molecule has 3 aromatic rings. The number of hydrogen-bond acceptors (Lipinski definition) is 3. The molecule has 3 aromatic carbocycles. The number of nitrogens with one attached hydrogen (secondary N) is 1. The Morgan fingerprint density at radius 3 is 2.19 bits per heavy atom. The summed E-state index contributed by atoms with van der Waals surface area (Å²) in [6, 6.07) is 24.9. The smallest absolute Gasteiger partial charge is 0.258 e. The lowest BCUT2D eigenvalue weighted by Gasteiger charge is -2.32. The van der Waals surface area contributed by atoms with Crippen LogP contribution in [0.5, 0.6) is 0 Å². The lowest BCUT2D eigenvalue weighted by molar-refractivity contribution is -0.126. The minimum Gasteiger partial charge on any atom is -0.352 e. The van der Waals surface area contributed by atoms with Crippen LogP contribution >= 0.6 is 0 Å². The van der Waals surface area contributed by atoms with E-state index in [1.807, 2.05) is 88.7 Å². The van der Waals surface area contributed by atoms with Crippen LogP contribution in [-0.4, -0.2) is 42.3 Å². The zero-order chi connectivity index (χ0) is 24.9. The average molecular weight is 482 g/mol. The maximum Gasteiger partial charge on any atom is 0.258 e. The summed E-state index contributed by atoms with van der Waals surface area (Å²) in [5.41, 5.74) is 4.32. The van der Waals surface area contributed by atoms with E-state index in [1.54, 1.807) is 0 Å². The molecule has 2 aliphatic heterocycles. The van der Waals surface area contributed by atoms with Crippen LogP contribution in [0.25, 0.3) is 0 Å². The number of likely N-dealkylation sites (tertiary alicyclic amines) is 1. The molecule has 0 aromatic heterocycles. The summed E-state index contributed by atoms with van der Waals surface area (Å²) in [7, 11) is 0. The monoisotopic (exact) mass is 481 g/mol. The zero-order valence-electron chi connectivity index (χ0n) is 20.4. The number of nitrogens with zero attached hydrogens (tertiary/aromatic N) is 2. The Morgan fingerprint density at radius 2 is 1.47 bits per heavy atom. The molecule has 36 heavy (non-hydrogen) atoms. The molecule has 5 rings (SSSR count). The number of fused-ring (bicyclic) bond motifs is 1. The summed E-state index contributed by atoms with van der Waals surface area (Å²) in [6.45, 7) is 2.33. The molecule has 6 heteroatoms. The molecule has 1 N–H and O–H groups in total. The maximum atomic E-state index is 13.3. The topological polar surface area (TPSA) is 69.7 Å². The van der Waals surface area contributed by atoms with Crippen molar-refractivity contribution in [3.8, 4) is 0 Å². The van der Waals surface area contributed by atoms with Crippen molar-refractivity contribution in [2.75, 3.05) is 24.5 Å². The number of aryl methyl sites for hydroxylation is 1. The van der Waals surface area contributed by atoms with Gasteiger partial charge in [0.15, 0.2) is 0 Å². The van der Waals surface area contributed by atoms with Gasteiger partial charge in [-0.2, -0.15) is 0 Å². The molecular formula is C30H31N3O3. The Hall–Kier alpha value is -3.93. The third-order valence-electron chi connectivity index (χ3n) is 7.17. The molecule has 1 saturated heterocycles. The molecule has 2 aliphatic rings. The highest BCUT2D eigenvalue weighted by atomic mass is 16.2. The highest BCUT2D eigenvalue weighted by molar-refractivity contribution is 6.07. The first-order chi connectivity index (χ1) is 17.6. The van der Waals surface area contributed by atoms with Crippen LogP contribution in [0.3, 0.4) is 0 Å². The number of hydrogen-bond donors (Lipinski definition) is 1. The number of rotatable bonds is 5. The van der Waals surface area contributed by atoms with Gasteiger partial charge < -0.3 is 15.1 Å². The first-order valence-electron chi connectivity index (χ1n) is 12.7. The first kappa shape index (κ1) is 23.8. The van der Waals surface area contributed by atoms with Crippen molar-refractivity contribution >= 4 is 23.4 Å². The molecule has 0 radical (unpaired) electrons. The van der Waals surface area contributed by atoms with Gasteiger partial charge >= 0.3 is 0 Å². The number of benzene rings is 3. The minimum absolute atomic E-state index is 0.00699. The van der Waals surface area contributed by atoms with Gasteiger partial charge in [-0.1, -0.05) is 48.5 Å². The molecule has 0 saturated carbocycles. The van der Waals surface area contributed by atoms with Crippen LogP contribution in [0.2, 0.25) is 0 Å². The summed E-state index contributed by atoms with van der Waals surface area (Å²) in [5.74, 6) is -0.0301. The third-order valence-corrected chi connectivity index (χ3v) is 7.17. The average Bonchev–Trinajstić information content (AvgIpc) is 2.95. The Morgan fingerprint density at radius 1 is 0.778 bits per heavy atom. The van der Waals surface area contributed by atoms with Crippen molar-refractivity contribution in [2.24, 2.45) is 5.92 Å². The molecule has 3 amide bonds. The molecule has 0 atom stereocenters. The number of carbonyl (C=O) groups excluding carboxylic acids is 3. The lowest BCUT2D eigenvalue weighted by Crippen LogP contribution is -2.43. The van der Waals surface area contributed by atoms with Gasteiger partial charge in [0.05, 0.1) is 0 Å². The second-order valence-corrected chi connectivity index (χ2v) is 9.54. The molecule has 0 unspecified atom stereocenters. The lowest BCUT2D eigenvalue weighted by atomic mass is 9.94. The van der Waals surface area contributed by atoms with E-state index in [-0.39, 0.29) is 23.6 Å². The molecule has 6 nitrogen and oxygen atoms in total. The molecule has 0 aliphatic carbocycles. The van der Waals surface area contributed by atoms with Gasteiger partial charge in [0.1, 0.15) is 0 Å². The van der Waals surface area contributed by atoms with Crippen LogP contribution in [-0.2, 0) is 17.8 Å². The standard InChI is InChI=1S/C30H31N3O3/c34-28(31-21-22-8-3-1-4-9-22)23-15-18-32(19-16-23)29(35)26-13-14-27-25(20-26)12-7-17-33(27)30(36)24-10-5-2-6-11-24/h1-6,8-11,13-14,20,23H,7,12,15-19,21H2,(H,31,34). The van der Waals surface area contributed by atoms with Gasteiger partial charge in [-0.05, 0) is 67.1 Å². The fourth-order valence-electron chi connectivity index (χ4n) is 5.13. The zero-order valence-corrected chi connectivity index (χ0v) is 20.4. The molecule has 0 bridgehead atoms. The Labute approximate surface area is 211 Å². The van der Waals surface area contributed by atoms with Crippen LogP contribution < -0.4 is 10.2 Å². The normalized spacial score (nSPS) is 15.8. The molecule has 2 heterocycles. The van der Waals surface area contributed by atoms with Gasteiger partial charge in [-0.15, -0.1) is 0 Å². The van der Waals surface area contributed by atoms with Crippen LogP contribution in [0.4, 0.5) is 5.69 Å². The number of piperidine rings is 1. The second kappa shape index (κ2) is 10.8. The van der Waals surface area contributed by atoms with Crippen molar-refractivity contribution in [2.45, 2.75) is 32.2 Å². The van der Waals surface area contributed by atoms with E-state index in [2.05, 4.69) is 5.32 Å². The summed E-state index contributed by atoms with van der Waals surface area (Å²) >= 11 is 0. The fraction of sp³-hybridized carbons (Fsp3) is 0.300. The second-order valence-electron chi connectivity index (χ2n) is 9.54. The van der Waals surface area contributed by atoms with Crippen molar-refractivity contribution in [3.05, 3.63) is 101 Å². The minimum atomic E-state index is -0.0705. The van der Waals surface area contributed by atoms with Crippen LogP contribution in [0.15, 0.2) is 78.9 Å². The predicted octanol–water partition coefficient (Wildman–Crippen LogP) is 4.45. The van der Waals surface area contributed by atoms with Crippen LogP contribution in [0.1, 0.15) is 51.1 Å². The predicted molar refractivity (Wildman–Crippen MR) is 140 cm³/mol. The summed E-state index contributed by atoms with van der Waals surface area (Å²) in [4.78, 5) is 42.6. The van der Waals surface area contributed by atoms with E-state index in [0.29, 0.717) is 50.1 Å². The van der Waals surface area contributed by atoms with Gasteiger partial charge in [-0.25, -0.2) is 0 Å². The van der Waals surface area contributed by atoms with E-state index in [9.17, 15) is 14.4 Å². The van der Waals surface area contributed by atoms with Gasteiger partial charge in [0, 0.05) is 48.9 Å². The summed E-state index contributed by atoms with van der Waals surface area (Å²) in [5, 5.41) is 3.03. The molecular weight excluding hydrogens is 450 g/mol. The van der Waals surface area contributed by atoms with Gasteiger partial charge in [0.2, 0.25) is 5.91 Å².